The van der Waals surface area contributed by atoms with Crippen molar-refractivity contribution in [2.75, 3.05) is 5.73 Å². The molecule has 82 valence electrons. The first-order valence-electron chi connectivity index (χ1n) is 4.46. The predicted molar refractivity (Wildman–Crippen MR) is 60.2 cm³/mol. The highest BCUT2D eigenvalue weighted by Crippen LogP contribution is 2.18. The van der Waals surface area contributed by atoms with E-state index in [1.54, 1.807) is 12.1 Å². The third kappa shape index (κ3) is 2.31. The Bertz CT molecular complexity index is 508. The highest BCUT2D eigenvalue weighted by atomic mass is 32.1. The van der Waals surface area contributed by atoms with Crippen LogP contribution in [-0.2, 0) is 6.42 Å². The summed E-state index contributed by atoms with van der Waals surface area (Å²) < 4.78 is 0. The lowest BCUT2D eigenvalue weighted by atomic mass is 10.1. The summed E-state index contributed by atoms with van der Waals surface area (Å²) in [5.74, 6) is 0. The lowest BCUT2D eigenvalue weighted by molar-refractivity contribution is -0.384. The average Bonchev–Trinajstić information content (AvgIpc) is 2.65. The Labute approximate surface area is 94.9 Å². The zero-order valence-electron chi connectivity index (χ0n) is 8.16. The van der Waals surface area contributed by atoms with Gasteiger partial charge >= 0.3 is 0 Å². The van der Waals surface area contributed by atoms with Crippen molar-refractivity contribution in [3.8, 4) is 0 Å². The highest BCUT2D eigenvalue weighted by molar-refractivity contribution is 7.15. The van der Waals surface area contributed by atoms with Crippen molar-refractivity contribution < 1.29 is 4.92 Å². The molecule has 0 aliphatic heterocycles. The fourth-order valence-corrected chi connectivity index (χ4v) is 1.89. The number of nitro benzene ring substituents is 1. The summed E-state index contributed by atoms with van der Waals surface area (Å²) in [6.07, 6.45) is 0.590. The first-order valence-corrected chi connectivity index (χ1v) is 5.28. The van der Waals surface area contributed by atoms with Crippen molar-refractivity contribution in [1.29, 1.82) is 0 Å². The number of rotatable bonds is 3. The van der Waals surface area contributed by atoms with Gasteiger partial charge in [0.2, 0.25) is 5.13 Å². The van der Waals surface area contributed by atoms with Gasteiger partial charge in [0.1, 0.15) is 5.01 Å². The molecule has 16 heavy (non-hydrogen) atoms. The van der Waals surface area contributed by atoms with Crippen LogP contribution in [0, 0.1) is 10.1 Å². The Morgan fingerprint density at radius 3 is 2.50 bits per heavy atom. The van der Waals surface area contributed by atoms with Gasteiger partial charge in [0.15, 0.2) is 0 Å². The number of non-ortho nitro benzene ring substituents is 1. The van der Waals surface area contributed by atoms with Gasteiger partial charge in [-0.2, -0.15) is 0 Å². The van der Waals surface area contributed by atoms with Gasteiger partial charge in [-0.05, 0) is 5.56 Å². The molecule has 2 N–H and O–H groups in total. The Balaban J connectivity index is 2.14. The number of nitro groups is 1. The molecule has 0 saturated heterocycles. The van der Waals surface area contributed by atoms with Crippen molar-refractivity contribution in [2.45, 2.75) is 6.42 Å². The van der Waals surface area contributed by atoms with E-state index in [1.165, 1.54) is 23.5 Å². The zero-order chi connectivity index (χ0) is 11.5. The van der Waals surface area contributed by atoms with Gasteiger partial charge in [-0.25, -0.2) is 0 Å². The van der Waals surface area contributed by atoms with Crippen molar-refractivity contribution in [3.63, 3.8) is 0 Å². The standard InChI is InChI=1S/C9H8N4O2S/c10-9-12-11-8(16-9)5-6-1-3-7(4-2-6)13(14)15/h1-4H,5H2,(H2,10,12). The van der Waals surface area contributed by atoms with Crippen molar-refractivity contribution in [1.82, 2.24) is 10.2 Å². The van der Waals surface area contributed by atoms with Crippen LogP contribution in [0.25, 0.3) is 0 Å². The van der Waals surface area contributed by atoms with Crippen LogP contribution in [0.1, 0.15) is 10.6 Å². The maximum Gasteiger partial charge on any atom is 0.269 e. The quantitative estimate of drug-likeness (QED) is 0.645. The van der Waals surface area contributed by atoms with E-state index in [0.29, 0.717) is 11.6 Å². The van der Waals surface area contributed by atoms with E-state index in [9.17, 15) is 10.1 Å². The van der Waals surface area contributed by atoms with E-state index < -0.39 is 4.92 Å². The molecule has 1 aromatic heterocycles. The molecule has 1 heterocycles. The van der Waals surface area contributed by atoms with Crippen LogP contribution in [-0.4, -0.2) is 15.1 Å². The van der Waals surface area contributed by atoms with Gasteiger partial charge in [0, 0.05) is 18.6 Å². The van der Waals surface area contributed by atoms with E-state index in [4.69, 9.17) is 5.73 Å². The van der Waals surface area contributed by atoms with Crippen molar-refractivity contribution in [2.24, 2.45) is 0 Å². The maximum atomic E-state index is 10.4. The minimum absolute atomic E-state index is 0.0838. The lowest BCUT2D eigenvalue weighted by Crippen LogP contribution is -1.90. The molecule has 1 aromatic carbocycles. The maximum absolute atomic E-state index is 10.4. The minimum atomic E-state index is -0.424. The highest BCUT2D eigenvalue weighted by Gasteiger charge is 2.06. The van der Waals surface area contributed by atoms with Crippen molar-refractivity contribution >= 4 is 22.2 Å². The smallest absolute Gasteiger partial charge is 0.269 e. The van der Waals surface area contributed by atoms with Crippen LogP contribution in [0.5, 0.6) is 0 Å². The molecule has 0 spiro atoms. The van der Waals surface area contributed by atoms with Gasteiger partial charge in [-0.15, -0.1) is 10.2 Å². The molecule has 2 aromatic rings. The lowest BCUT2D eigenvalue weighted by Gasteiger charge is -1.96. The molecule has 0 amide bonds. The number of nitrogens with zero attached hydrogens (tertiary/aromatic N) is 3. The monoisotopic (exact) mass is 236 g/mol. The second-order valence-corrected chi connectivity index (χ2v) is 4.23. The zero-order valence-corrected chi connectivity index (χ0v) is 8.98. The number of nitrogens with two attached hydrogens (primary N) is 1. The van der Waals surface area contributed by atoms with Crippen LogP contribution >= 0.6 is 11.3 Å². The largest absolute Gasteiger partial charge is 0.374 e. The molecule has 0 radical (unpaired) electrons. The van der Waals surface area contributed by atoms with E-state index >= 15 is 0 Å². The number of aromatic nitrogens is 2. The molecule has 0 bridgehead atoms. The first kappa shape index (κ1) is 10.5. The first-order chi connectivity index (χ1) is 7.65. The third-order valence-electron chi connectivity index (χ3n) is 1.98. The second-order valence-electron chi connectivity index (χ2n) is 3.13. The summed E-state index contributed by atoms with van der Waals surface area (Å²) in [5, 5.41) is 19.2. The van der Waals surface area contributed by atoms with Crippen LogP contribution in [0.3, 0.4) is 0 Å². The normalized spacial score (nSPS) is 10.2. The number of hydrogen-bond donors (Lipinski definition) is 1. The summed E-state index contributed by atoms with van der Waals surface area (Å²) in [6, 6.07) is 6.35. The van der Waals surface area contributed by atoms with Gasteiger partial charge in [0.25, 0.3) is 5.69 Å². The van der Waals surface area contributed by atoms with Gasteiger partial charge in [-0.1, -0.05) is 23.5 Å². The molecule has 0 aliphatic carbocycles. The predicted octanol–water partition coefficient (Wildman–Crippen LogP) is 1.62. The summed E-state index contributed by atoms with van der Waals surface area (Å²) >= 11 is 1.31. The molecular weight excluding hydrogens is 228 g/mol. The number of hydrogen-bond acceptors (Lipinski definition) is 6. The summed E-state index contributed by atoms with van der Waals surface area (Å²) in [4.78, 5) is 10.0. The molecule has 2 rings (SSSR count). The minimum Gasteiger partial charge on any atom is -0.374 e. The summed E-state index contributed by atoms with van der Waals surface area (Å²) in [5.41, 5.74) is 6.48. The Morgan fingerprint density at radius 1 is 1.31 bits per heavy atom. The molecule has 0 fully saturated rings. The van der Waals surface area contributed by atoms with Gasteiger partial charge < -0.3 is 5.73 Å². The number of benzene rings is 1. The fourth-order valence-electron chi connectivity index (χ4n) is 1.25. The van der Waals surface area contributed by atoms with E-state index in [1.807, 2.05) is 0 Å². The van der Waals surface area contributed by atoms with Crippen LogP contribution in [0.4, 0.5) is 10.8 Å². The topological polar surface area (TPSA) is 94.9 Å². The molecule has 0 atom stereocenters. The summed E-state index contributed by atoms with van der Waals surface area (Å²) in [7, 11) is 0. The van der Waals surface area contributed by atoms with Crippen molar-refractivity contribution in [3.05, 3.63) is 45.0 Å². The molecular formula is C9H8N4O2S. The number of nitrogen functional groups attached to an aromatic ring is 1. The second kappa shape index (κ2) is 4.23. The van der Waals surface area contributed by atoms with E-state index in [0.717, 1.165) is 10.6 Å². The molecule has 6 nitrogen and oxygen atoms in total. The van der Waals surface area contributed by atoms with Crippen LogP contribution in [0.2, 0.25) is 0 Å². The molecule has 0 saturated carbocycles. The fraction of sp³-hybridized carbons (Fsp3) is 0.111. The van der Waals surface area contributed by atoms with E-state index in [-0.39, 0.29) is 5.69 Å². The van der Waals surface area contributed by atoms with E-state index in [2.05, 4.69) is 10.2 Å². The Morgan fingerprint density at radius 2 is 2.00 bits per heavy atom. The SMILES string of the molecule is Nc1nnc(Cc2ccc([N+](=O)[O-])cc2)s1. The Kier molecular flexibility index (Phi) is 2.78. The summed E-state index contributed by atoms with van der Waals surface area (Å²) in [6.45, 7) is 0. The number of anilines is 1. The van der Waals surface area contributed by atoms with Crippen LogP contribution in [0.15, 0.2) is 24.3 Å². The Hall–Kier alpha value is -2.02. The third-order valence-corrected chi connectivity index (χ3v) is 2.74. The van der Waals surface area contributed by atoms with Gasteiger partial charge in [-0.3, -0.25) is 10.1 Å². The molecule has 0 unspecified atom stereocenters. The molecule has 7 heteroatoms. The van der Waals surface area contributed by atoms with Gasteiger partial charge in [0.05, 0.1) is 4.92 Å². The average molecular weight is 236 g/mol. The molecule has 0 aliphatic rings. The van der Waals surface area contributed by atoms with Crippen LogP contribution < -0.4 is 5.73 Å².